The van der Waals surface area contributed by atoms with Crippen molar-refractivity contribution < 1.29 is 9.59 Å². The van der Waals surface area contributed by atoms with E-state index in [9.17, 15) is 9.59 Å². The zero-order chi connectivity index (χ0) is 12.7. The molecule has 3 rings (SSSR count). The highest BCUT2D eigenvalue weighted by Crippen LogP contribution is 2.29. The minimum atomic E-state index is -0.0585. The Labute approximate surface area is 109 Å². The highest BCUT2D eigenvalue weighted by Gasteiger charge is 2.41. The summed E-state index contributed by atoms with van der Waals surface area (Å²) in [4.78, 5) is 30.7. The Hall–Kier alpha value is -1.62. The van der Waals surface area contributed by atoms with E-state index in [1.165, 1.54) is 4.90 Å². The largest absolute Gasteiger partial charge is 0.351 e. The van der Waals surface area contributed by atoms with Crippen LogP contribution in [0.2, 0.25) is 5.02 Å². The van der Waals surface area contributed by atoms with Crippen LogP contribution in [0, 0.1) is 0 Å². The summed E-state index contributed by atoms with van der Waals surface area (Å²) in [5, 5.41) is 0.593. The van der Waals surface area contributed by atoms with Gasteiger partial charge in [-0.1, -0.05) is 11.6 Å². The van der Waals surface area contributed by atoms with Gasteiger partial charge in [-0.05, 0) is 12.1 Å². The van der Waals surface area contributed by atoms with Crippen LogP contribution in [0.4, 0.5) is 5.82 Å². The summed E-state index contributed by atoms with van der Waals surface area (Å²) in [6, 6.07) is 3.53. The molecular weight excluding hydrogens is 254 g/mol. The lowest BCUT2D eigenvalue weighted by molar-refractivity contribution is -0.141. The van der Waals surface area contributed by atoms with Crippen molar-refractivity contribution in [2.75, 3.05) is 18.0 Å². The lowest BCUT2D eigenvalue weighted by atomic mass is 10.1. The first-order valence-electron chi connectivity index (χ1n) is 5.87. The molecule has 1 aromatic rings. The summed E-state index contributed by atoms with van der Waals surface area (Å²) < 4.78 is 0. The molecule has 0 radical (unpaired) electrons. The van der Waals surface area contributed by atoms with Gasteiger partial charge in [0, 0.05) is 32.1 Å². The first-order chi connectivity index (χ1) is 8.66. The summed E-state index contributed by atoms with van der Waals surface area (Å²) in [5.41, 5.74) is 0. The summed E-state index contributed by atoms with van der Waals surface area (Å²) in [5.74, 6) is 0.600. The van der Waals surface area contributed by atoms with Crippen LogP contribution in [0.15, 0.2) is 18.3 Å². The Morgan fingerprint density at radius 2 is 1.89 bits per heavy atom. The van der Waals surface area contributed by atoms with Gasteiger partial charge in [-0.2, -0.15) is 0 Å². The number of pyridine rings is 1. The monoisotopic (exact) mass is 265 g/mol. The molecule has 94 valence electrons. The van der Waals surface area contributed by atoms with Gasteiger partial charge in [0.25, 0.3) is 0 Å². The van der Waals surface area contributed by atoms with Gasteiger partial charge in [0.05, 0.1) is 11.1 Å². The van der Waals surface area contributed by atoms with Crippen molar-refractivity contribution in [2.45, 2.75) is 18.9 Å². The second-order valence-electron chi connectivity index (χ2n) is 4.53. The molecule has 3 heterocycles. The minimum absolute atomic E-state index is 0.0226. The van der Waals surface area contributed by atoms with Gasteiger partial charge in [-0.25, -0.2) is 4.98 Å². The van der Waals surface area contributed by atoms with Crippen LogP contribution in [-0.4, -0.2) is 40.8 Å². The van der Waals surface area contributed by atoms with E-state index in [2.05, 4.69) is 4.98 Å². The number of amides is 2. The molecule has 5 nitrogen and oxygen atoms in total. The lowest BCUT2D eigenvalue weighted by Crippen LogP contribution is -2.61. The van der Waals surface area contributed by atoms with Crippen molar-refractivity contribution >= 4 is 29.2 Å². The molecule has 0 saturated carbocycles. The Morgan fingerprint density at radius 1 is 1.22 bits per heavy atom. The summed E-state index contributed by atoms with van der Waals surface area (Å²) >= 11 is 6.04. The first kappa shape index (κ1) is 11.5. The Balaban J connectivity index is 1.69. The molecule has 2 saturated heterocycles. The van der Waals surface area contributed by atoms with Crippen molar-refractivity contribution in [1.29, 1.82) is 0 Å². The van der Waals surface area contributed by atoms with Gasteiger partial charge >= 0.3 is 0 Å². The molecule has 0 N–H and O–H groups in total. The fourth-order valence-electron chi connectivity index (χ4n) is 2.40. The van der Waals surface area contributed by atoms with E-state index in [0.717, 1.165) is 5.82 Å². The summed E-state index contributed by atoms with van der Waals surface area (Å²) in [6.07, 6.45) is 2.38. The summed E-state index contributed by atoms with van der Waals surface area (Å²) in [7, 11) is 0. The van der Waals surface area contributed by atoms with E-state index in [4.69, 9.17) is 11.6 Å². The number of nitrogens with zero attached hydrogens (tertiary/aromatic N) is 3. The number of carbonyl (C=O) groups excluding carboxylic acids is 2. The van der Waals surface area contributed by atoms with Gasteiger partial charge < -0.3 is 4.90 Å². The number of imide groups is 1. The average Bonchev–Trinajstić information content (AvgIpc) is 2.61. The molecule has 0 spiro atoms. The van der Waals surface area contributed by atoms with Gasteiger partial charge in [0.1, 0.15) is 5.82 Å². The number of aromatic nitrogens is 1. The topological polar surface area (TPSA) is 53.5 Å². The number of rotatable bonds is 2. The minimum Gasteiger partial charge on any atom is -0.351 e. The number of hydrogen-bond acceptors (Lipinski definition) is 4. The maximum atomic E-state index is 11.6. The van der Waals surface area contributed by atoms with Gasteiger partial charge in [0.15, 0.2) is 0 Å². The fourth-order valence-corrected chi connectivity index (χ4v) is 2.64. The number of halogens is 1. The second-order valence-corrected chi connectivity index (χ2v) is 4.93. The standard InChI is InChI=1S/C12H12ClN3O2/c13-9-2-1-5-14-12(9)15-6-8(7-15)16-10(17)3-4-11(16)18/h1-2,5,8H,3-4,6-7H2. The van der Waals surface area contributed by atoms with Crippen molar-refractivity contribution in [1.82, 2.24) is 9.88 Å². The Morgan fingerprint density at radius 3 is 2.50 bits per heavy atom. The van der Waals surface area contributed by atoms with Crippen LogP contribution < -0.4 is 4.90 Å². The quantitative estimate of drug-likeness (QED) is 0.751. The first-order valence-corrected chi connectivity index (χ1v) is 6.25. The highest BCUT2D eigenvalue weighted by molar-refractivity contribution is 6.32. The molecule has 0 unspecified atom stereocenters. The predicted molar refractivity (Wildman–Crippen MR) is 66.3 cm³/mol. The van der Waals surface area contributed by atoms with Crippen molar-refractivity contribution in [2.24, 2.45) is 0 Å². The van der Waals surface area contributed by atoms with Gasteiger partial charge in [-0.3, -0.25) is 14.5 Å². The van der Waals surface area contributed by atoms with Crippen LogP contribution in [0.1, 0.15) is 12.8 Å². The van der Waals surface area contributed by atoms with E-state index in [1.807, 2.05) is 4.90 Å². The number of anilines is 1. The lowest BCUT2D eigenvalue weighted by Gasteiger charge is -2.43. The smallest absolute Gasteiger partial charge is 0.230 e. The third-order valence-electron chi connectivity index (χ3n) is 3.36. The second kappa shape index (κ2) is 4.24. The van der Waals surface area contributed by atoms with E-state index in [-0.39, 0.29) is 17.9 Å². The normalized spacial score (nSPS) is 20.5. The fraction of sp³-hybridized carbons (Fsp3) is 0.417. The van der Waals surface area contributed by atoms with Crippen LogP contribution in [0.3, 0.4) is 0 Å². The van der Waals surface area contributed by atoms with Crippen molar-refractivity contribution in [3.05, 3.63) is 23.4 Å². The van der Waals surface area contributed by atoms with Crippen LogP contribution >= 0.6 is 11.6 Å². The number of hydrogen-bond donors (Lipinski definition) is 0. The van der Waals surface area contributed by atoms with Crippen LogP contribution in [0.25, 0.3) is 0 Å². The van der Waals surface area contributed by atoms with E-state index in [0.29, 0.717) is 31.0 Å². The predicted octanol–water partition coefficient (Wildman–Crippen LogP) is 1.07. The zero-order valence-electron chi connectivity index (χ0n) is 9.67. The average molecular weight is 266 g/mol. The molecular formula is C12H12ClN3O2. The molecule has 2 amide bonds. The van der Waals surface area contributed by atoms with E-state index in [1.54, 1.807) is 18.3 Å². The third kappa shape index (κ3) is 1.75. The number of carbonyl (C=O) groups is 2. The highest BCUT2D eigenvalue weighted by atomic mass is 35.5. The van der Waals surface area contributed by atoms with Crippen molar-refractivity contribution in [3.63, 3.8) is 0 Å². The molecule has 6 heteroatoms. The van der Waals surface area contributed by atoms with E-state index < -0.39 is 0 Å². The maximum Gasteiger partial charge on any atom is 0.230 e. The molecule has 0 bridgehead atoms. The van der Waals surface area contributed by atoms with Crippen LogP contribution in [0.5, 0.6) is 0 Å². The molecule has 0 atom stereocenters. The summed E-state index contributed by atoms with van der Waals surface area (Å²) in [6.45, 7) is 1.24. The molecule has 2 aliphatic heterocycles. The number of likely N-dealkylation sites (tertiary alicyclic amines) is 1. The molecule has 0 aromatic carbocycles. The maximum absolute atomic E-state index is 11.6. The van der Waals surface area contributed by atoms with Gasteiger partial charge in [0.2, 0.25) is 11.8 Å². The van der Waals surface area contributed by atoms with E-state index >= 15 is 0 Å². The SMILES string of the molecule is O=C1CCC(=O)N1C1CN(c2ncccc2Cl)C1. The molecule has 1 aromatic heterocycles. The van der Waals surface area contributed by atoms with Crippen LogP contribution in [-0.2, 0) is 9.59 Å². The zero-order valence-corrected chi connectivity index (χ0v) is 10.4. The Bertz CT molecular complexity index is 498. The van der Waals surface area contributed by atoms with Gasteiger partial charge in [-0.15, -0.1) is 0 Å². The third-order valence-corrected chi connectivity index (χ3v) is 3.65. The molecule has 0 aliphatic carbocycles. The molecule has 2 fully saturated rings. The Kier molecular flexibility index (Phi) is 2.70. The molecule has 2 aliphatic rings. The van der Waals surface area contributed by atoms with Crippen molar-refractivity contribution in [3.8, 4) is 0 Å². The molecule has 18 heavy (non-hydrogen) atoms.